The second kappa shape index (κ2) is 14.0. The second-order valence-electron chi connectivity index (χ2n) is 14.9. The predicted molar refractivity (Wildman–Crippen MR) is 206 cm³/mol. The SMILES string of the molecule is COc1cc2c(cc1OCCCOc1cc3c(cc1OC)C(=O)N1Cc4ccccc4CC1C(O)N3C(C)C)N=CC1(C)Cc3ccccc3CN1C2=O. The van der Waals surface area contributed by atoms with Gasteiger partial charge in [-0.25, -0.2) is 0 Å². The molecule has 0 fully saturated rings. The van der Waals surface area contributed by atoms with Crippen molar-refractivity contribution in [1.82, 2.24) is 9.80 Å². The van der Waals surface area contributed by atoms with Crippen molar-refractivity contribution in [3.05, 3.63) is 106 Å². The van der Waals surface area contributed by atoms with Crippen LogP contribution in [0, 0.1) is 0 Å². The molecule has 4 heterocycles. The van der Waals surface area contributed by atoms with Crippen molar-refractivity contribution in [3.8, 4) is 23.0 Å². The predicted octanol–water partition coefficient (Wildman–Crippen LogP) is 6.34. The first-order valence-electron chi connectivity index (χ1n) is 18.6. The summed E-state index contributed by atoms with van der Waals surface area (Å²) in [6.07, 6.45) is 2.71. The lowest BCUT2D eigenvalue weighted by atomic mass is 9.84. The van der Waals surface area contributed by atoms with Crippen LogP contribution in [0.1, 0.15) is 70.2 Å². The zero-order chi connectivity index (χ0) is 37.7. The van der Waals surface area contributed by atoms with E-state index in [2.05, 4.69) is 18.2 Å². The van der Waals surface area contributed by atoms with E-state index < -0.39 is 17.8 Å². The Balaban J connectivity index is 0.980. The topological polar surface area (TPSA) is 113 Å². The Labute approximate surface area is 315 Å². The third-order valence-electron chi connectivity index (χ3n) is 11.2. The largest absolute Gasteiger partial charge is 0.493 e. The molecule has 4 aliphatic heterocycles. The van der Waals surface area contributed by atoms with Gasteiger partial charge >= 0.3 is 0 Å². The van der Waals surface area contributed by atoms with Crippen LogP contribution in [-0.2, 0) is 25.9 Å². The molecule has 0 bridgehead atoms. The van der Waals surface area contributed by atoms with Crippen LogP contribution in [0.4, 0.5) is 11.4 Å². The van der Waals surface area contributed by atoms with E-state index in [-0.39, 0.29) is 24.5 Å². The minimum Gasteiger partial charge on any atom is -0.493 e. The molecule has 8 rings (SSSR count). The van der Waals surface area contributed by atoms with E-state index in [1.165, 1.54) is 5.56 Å². The zero-order valence-electron chi connectivity index (χ0n) is 31.4. The molecule has 4 aromatic carbocycles. The molecule has 11 nitrogen and oxygen atoms in total. The molecule has 4 aliphatic rings. The Bertz CT molecular complexity index is 2150. The number of anilines is 1. The van der Waals surface area contributed by atoms with Gasteiger partial charge in [0.05, 0.1) is 61.5 Å². The summed E-state index contributed by atoms with van der Waals surface area (Å²) in [7, 11) is 3.11. The van der Waals surface area contributed by atoms with Gasteiger partial charge in [-0.1, -0.05) is 48.5 Å². The maximum absolute atomic E-state index is 14.2. The third-order valence-corrected chi connectivity index (χ3v) is 11.2. The lowest BCUT2D eigenvalue weighted by Crippen LogP contribution is -2.55. The molecular weight excluding hydrogens is 684 g/mol. The quantitative estimate of drug-likeness (QED) is 0.199. The number of hydrogen-bond donors (Lipinski definition) is 1. The molecule has 3 unspecified atom stereocenters. The van der Waals surface area contributed by atoms with Crippen molar-refractivity contribution in [2.75, 3.05) is 32.3 Å². The molecule has 3 atom stereocenters. The molecule has 0 spiro atoms. The highest BCUT2D eigenvalue weighted by Crippen LogP contribution is 2.43. The minimum absolute atomic E-state index is 0.0984. The maximum atomic E-state index is 14.2. The fourth-order valence-corrected chi connectivity index (χ4v) is 8.32. The summed E-state index contributed by atoms with van der Waals surface area (Å²) in [5.41, 5.74) is 6.10. The summed E-state index contributed by atoms with van der Waals surface area (Å²) in [5.74, 6) is 1.58. The fourth-order valence-electron chi connectivity index (χ4n) is 8.32. The molecular formula is C43H46N4O7. The number of aliphatic imine (C=N–C) groups is 1. The van der Waals surface area contributed by atoms with Crippen LogP contribution in [0.3, 0.4) is 0 Å². The highest BCUT2D eigenvalue weighted by molar-refractivity contribution is 6.04. The number of fused-ring (bicyclic) bond motifs is 6. The van der Waals surface area contributed by atoms with Crippen molar-refractivity contribution >= 4 is 29.4 Å². The molecule has 1 N–H and O–H groups in total. The molecule has 0 radical (unpaired) electrons. The first-order chi connectivity index (χ1) is 26.1. The number of ether oxygens (including phenoxy) is 4. The van der Waals surface area contributed by atoms with E-state index in [1.807, 2.05) is 67.1 Å². The van der Waals surface area contributed by atoms with Crippen LogP contribution in [-0.4, -0.2) is 84.2 Å². The van der Waals surface area contributed by atoms with E-state index in [0.29, 0.717) is 84.5 Å². The Morgan fingerprint density at radius 2 is 1.41 bits per heavy atom. The average molecular weight is 731 g/mol. The molecule has 2 amide bonds. The number of amides is 2. The summed E-state index contributed by atoms with van der Waals surface area (Å²) >= 11 is 0. The molecule has 4 aromatic rings. The van der Waals surface area contributed by atoms with Gasteiger partial charge in [-0.3, -0.25) is 14.6 Å². The van der Waals surface area contributed by atoms with E-state index in [1.54, 1.807) is 43.4 Å². The van der Waals surface area contributed by atoms with Gasteiger partial charge in [-0.2, -0.15) is 0 Å². The van der Waals surface area contributed by atoms with E-state index >= 15 is 0 Å². The molecule has 11 heteroatoms. The monoisotopic (exact) mass is 730 g/mol. The second-order valence-corrected chi connectivity index (χ2v) is 14.9. The van der Waals surface area contributed by atoms with E-state index in [9.17, 15) is 14.7 Å². The van der Waals surface area contributed by atoms with Gasteiger partial charge in [0, 0.05) is 50.3 Å². The molecule has 0 saturated heterocycles. The normalized spacial score (nSPS) is 21.2. The number of aliphatic hydroxyl groups excluding tert-OH is 1. The number of methoxy groups -OCH3 is 2. The number of aliphatic hydroxyl groups is 1. The molecule has 0 aromatic heterocycles. The van der Waals surface area contributed by atoms with Crippen molar-refractivity contribution < 1.29 is 33.6 Å². The smallest absolute Gasteiger partial charge is 0.257 e. The summed E-state index contributed by atoms with van der Waals surface area (Å²) < 4.78 is 23.9. The summed E-state index contributed by atoms with van der Waals surface area (Å²) in [5, 5.41) is 11.8. The van der Waals surface area contributed by atoms with Gasteiger partial charge in [0.15, 0.2) is 23.0 Å². The third kappa shape index (κ3) is 6.10. The van der Waals surface area contributed by atoms with Crippen molar-refractivity contribution in [2.45, 2.75) is 77.0 Å². The minimum atomic E-state index is -0.922. The highest BCUT2D eigenvalue weighted by atomic mass is 16.5. The van der Waals surface area contributed by atoms with E-state index in [0.717, 1.165) is 16.7 Å². The first-order valence-corrected chi connectivity index (χ1v) is 18.6. The summed E-state index contributed by atoms with van der Waals surface area (Å²) in [6.45, 7) is 7.58. The molecule has 280 valence electrons. The highest BCUT2D eigenvalue weighted by Gasteiger charge is 2.44. The van der Waals surface area contributed by atoms with Crippen molar-refractivity contribution in [1.29, 1.82) is 0 Å². The Morgan fingerprint density at radius 1 is 0.796 bits per heavy atom. The number of rotatable bonds is 9. The number of benzene rings is 4. The van der Waals surface area contributed by atoms with Gasteiger partial charge in [-0.15, -0.1) is 0 Å². The van der Waals surface area contributed by atoms with Crippen molar-refractivity contribution in [3.63, 3.8) is 0 Å². The van der Waals surface area contributed by atoms with Gasteiger partial charge < -0.3 is 38.8 Å². The lowest BCUT2D eigenvalue weighted by molar-refractivity contribution is 0.0292. The number of carbonyl (C=O) groups is 2. The van der Waals surface area contributed by atoms with Crippen LogP contribution < -0.4 is 23.8 Å². The summed E-state index contributed by atoms with van der Waals surface area (Å²) in [4.78, 5) is 38.5. The van der Waals surface area contributed by atoms with Crippen molar-refractivity contribution in [2.24, 2.45) is 4.99 Å². The van der Waals surface area contributed by atoms with E-state index in [4.69, 9.17) is 23.9 Å². The van der Waals surface area contributed by atoms with Gasteiger partial charge in [0.1, 0.15) is 6.23 Å². The average Bonchev–Trinajstić information content (AvgIpc) is 3.33. The van der Waals surface area contributed by atoms with Gasteiger partial charge in [-0.05, 0) is 61.6 Å². The van der Waals surface area contributed by atoms with Crippen LogP contribution >= 0.6 is 0 Å². The fraction of sp³-hybridized carbons (Fsp3) is 0.372. The Kier molecular flexibility index (Phi) is 9.21. The van der Waals surface area contributed by atoms with Crippen LogP contribution in [0.2, 0.25) is 0 Å². The van der Waals surface area contributed by atoms with Crippen LogP contribution in [0.5, 0.6) is 23.0 Å². The zero-order valence-corrected chi connectivity index (χ0v) is 31.4. The van der Waals surface area contributed by atoms with Crippen LogP contribution in [0.25, 0.3) is 0 Å². The number of nitrogens with zero attached hydrogens (tertiary/aromatic N) is 4. The standard InChI is InChI=1S/C43H46N4O7/c1-26(2)47-34-21-39(37(52-5)19-32(34)40(48)45-23-29-13-8-6-11-27(29)17-35(45)42(47)50)54-16-10-15-53-38-20-33-31(18-36(38)51-4)41(49)46-24-30-14-9-7-12-28(30)22-43(46,3)25-44-33/h6-9,11-14,18-21,25-26,35,42,50H,10,15-17,22-24H2,1-5H3. The maximum Gasteiger partial charge on any atom is 0.257 e. The van der Waals surface area contributed by atoms with Gasteiger partial charge in [0.2, 0.25) is 0 Å². The number of carbonyl (C=O) groups excluding carboxylic acids is 2. The Morgan fingerprint density at radius 3 is 2.07 bits per heavy atom. The lowest BCUT2D eigenvalue weighted by Gasteiger charge is -2.42. The molecule has 0 aliphatic carbocycles. The molecule has 0 saturated carbocycles. The van der Waals surface area contributed by atoms with Crippen LogP contribution in [0.15, 0.2) is 77.8 Å². The first kappa shape index (κ1) is 35.5. The van der Waals surface area contributed by atoms with Gasteiger partial charge in [0.25, 0.3) is 11.8 Å². The number of hydrogen-bond acceptors (Lipinski definition) is 9. The molecule has 54 heavy (non-hydrogen) atoms. The Hall–Kier alpha value is -5.55. The summed E-state index contributed by atoms with van der Waals surface area (Å²) in [6, 6.07) is 22.8.